The quantitative estimate of drug-likeness (QED) is 0.229. The molecular formula is C36H70Si7. The van der Waals surface area contributed by atoms with Gasteiger partial charge in [-0.2, -0.15) is 0 Å². The highest BCUT2D eigenvalue weighted by atomic mass is 28.4. The number of aryl methyl sites for hydroxylation is 3. The second-order valence-electron chi connectivity index (χ2n) is 21.0. The van der Waals surface area contributed by atoms with Crippen LogP contribution in [0.4, 0.5) is 0 Å². The zero-order valence-corrected chi connectivity index (χ0v) is 39.7. The molecule has 0 spiro atoms. The van der Waals surface area contributed by atoms with Crippen molar-refractivity contribution in [2.75, 3.05) is 0 Å². The predicted molar refractivity (Wildman–Crippen MR) is 221 cm³/mol. The molecule has 0 radical (unpaired) electrons. The summed E-state index contributed by atoms with van der Waals surface area (Å²) in [4.78, 5) is 0. The molecule has 0 nitrogen and oxygen atoms in total. The minimum atomic E-state index is -1.65. The van der Waals surface area contributed by atoms with E-state index in [4.69, 9.17) is 0 Å². The number of hydrogen-bond donors (Lipinski definition) is 0. The fourth-order valence-electron chi connectivity index (χ4n) is 11.4. The summed E-state index contributed by atoms with van der Waals surface area (Å²) >= 11 is 0. The van der Waals surface area contributed by atoms with Crippen LogP contribution in [0, 0.1) is 20.8 Å². The summed E-state index contributed by atoms with van der Waals surface area (Å²) in [6.07, 6.45) is 0. The maximum atomic E-state index is 2.92. The Kier molecular flexibility index (Phi) is 9.82. The fraction of sp³-hybridized carbons (Fsp3) is 0.667. The molecule has 0 N–H and O–H groups in total. The van der Waals surface area contributed by atoms with E-state index in [1.54, 1.807) is 16.7 Å². The van der Waals surface area contributed by atoms with Crippen molar-refractivity contribution in [3.05, 3.63) is 57.6 Å². The molecule has 1 unspecified atom stereocenters. The highest BCUT2D eigenvalue weighted by Crippen LogP contribution is 2.53. The number of hydrogen-bond acceptors (Lipinski definition) is 0. The maximum absolute atomic E-state index is 2.92. The normalized spacial score (nSPS) is 18.3. The van der Waals surface area contributed by atoms with Crippen molar-refractivity contribution in [1.82, 2.24) is 0 Å². The lowest BCUT2D eigenvalue weighted by Gasteiger charge is -2.65. The van der Waals surface area contributed by atoms with Gasteiger partial charge in [-0.3, -0.25) is 0 Å². The SMILES string of the molecule is Cc1cc(C)c([SiH]2c3c(C([Si](C)(C)C)[Si](C)(C)C)cc(C([Si](C)(C)C)[Si](C)(C)C)cc3C2([Si](C)(C)C)[Si](C)(C)C)c(C)c1. The smallest absolute Gasteiger partial charge is 0.0693 e. The second-order valence-corrected chi connectivity index (χ2v) is 58.5. The fourth-order valence-corrected chi connectivity index (χ4v) is 60.9. The van der Waals surface area contributed by atoms with Crippen molar-refractivity contribution in [3.8, 4) is 0 Å². The van der Waals surface area contributed by atoms with Gasteiger partial charge in [0.2, 0.25) is 0 Å². The van der Waals surface area contributed by atoms with E-state index in [-0.39, 0.29) is 0 Å². The lowest BCUT2D eigenvalue weighted by Crippen LogP contribution is -2.86. The maximum Gasteiger partial charge on any atom is 0.109 e. The lowest BCUT2D eigenvalue weighted by atomic mass is 10.1. The standard InChI is InChI=1S/C36H70Si7/c1-26-22-27(2)32(28(3)23-26)37-33-30(35(40(10,11)12)41(13,14)15)24-29(34(38(4,5)6)39(7,8)9)25-31(33)36(37,42(16,17)18)43(19,20)21/h22-25,34-35,37H,1-21H3. The zero-order chi connectivity index (χ0) is 33.7. The molecule has 2 aromatic rings. The van der Waals surface area contributed by atoms with E-state index in [0.29, 0.717) is 4.28 Å². The van der Waals surface area contributed by atoms with Crippen LogP contribution in [0.25, 0.3) is 0 Å². The van der Waals surface area contributed by atoms with Gasteiger partial charge in [0.1, 0.15) is 8.80 Å². The van der Waals surface area contributed by atoms with Gasteiger partial charge in [0.25, 0.3) is 0 Å². The summed E-state index contributed by atoms with van der Waals surface area (Å²) in [7, 11) is -10.8. The van der Waals surface area contributed by atoms with Crippen LogP contribution in [0.1, 0.15) is 43.7 Å². The molecule has 1 aliphatic rings. The monoisotopic (exact) mass is 698 g/mol. The van der Waals surface area contributed by atoms with Crippen molar-refractivity contribution in [3.63, 3.8) is 0 Å². The first kappa shape index (κ1) is 37.4. The largest absolute Gasteiger partial charge is 0.109 e. The third kappa shape index (κ3) is 6.44. The Morgan fingerprint density at radius 1 is 0.488 bits per heavy atom. The van der Waals surface area contributed by atoms with Gasteiger partial charge < -0.3 is 0 Å². The molecule has 0 saturated heterocycles. The average Bonchev–Trinajstić information content (AvgIpc) is 2.64. The molecule has 0 saturated carbocycles. The second kappa shape index (κ2) is 11.3. The minimum Gasteiger partial charge on any atom is -0.0693 e. The first-order valence-electron chi connectivity index (χ1n) is 17.2. The molecule has 0 bridgehead atoms. The van der Waals surface area contributed by atoms with Crippen molar-refractivity contribution < 1.29 is 0 Å². The van der Waals surface area contributed by atoms with Gasteiger partial charge in [-0.1, -0.05) is 175 Å². The Labute approximate surface area is 277 Å². The average molecular weight is 700 g/mol. The van der Waals surface area contributed by atoms with Crippen molar-refractivity contribution in [2.45, 2.75) is 153 Å². The van der Waals surface area contributed by atoms with E-state index in [9.17, 15) is 0 Å². The van der Waals surface area contributed by atoms with Crippen molar-refractivity contribution in [2.24, 2.45) is 0 Å². The molecule has 0 amide bonds. The Morgan fingerprint density at radius 3 is 1.19 bits per heavy atom. The van der Waals surface area contributed by atoms with E-state index in [0.717, 1.165) is 10.3 Å². The van der Waals surface area contributed by atoms with Crippen LogP contribution in [0.2, 0.25) is 118 Å². The van der Waals surface area contributed by atoms with E-state index in [2.05, 4.69) is 163 Å². The van der Waals surface area contributed by atoms with Gasteiger partial charge in [-0.15, -0.1) is 0 Å². The number of rotatable bonds is 9. The van der Waals surface area contributed by atoms with Gasteiger partial charge in [-0.05, 0) is 46.5 Å². The van der Waals surface area contributed by atoms with Gasteiger partial charge in [0.15, 0.2) is 0 Å². The topological polar surface area (TPSA) is 0 Å². The van der Waals surface area contributed by atoms with Crippen molar-refractivity contribution >= 4 is 67.6 Å². The predicted octanol–water partition coefficient (Wildman–Crippen LogP) is 10.2. The van der Waals surface area contributed by atoms with Crippen LogP contribution in [0.15, 0.2) is 24.3 Å². The lowest BCUT2D eigenvalue weighted by molar-refractivity contribution is 0.989. The number of fused-ring (bicyclic) bond motifs is 1. The third-order valence-corrected chi connectivity index (χ3v) is 50.1. The van der Waals surface area contributed by atoms with E-state index in [1.807, 2.05) is 21.5 Å². The molecule has 2 aromatic carbocycles. The Bertz CT molecular complexity index is 1280. The van der Waals surface area contributed by atoms with Gasteiger partial charge in [-0.25, -0.2) is 0 Å². The Balaban J connectivity index is 2.74. The summed E-state index contributed by atoms with van der Waals surface area (Å²) in [5.74, 6) is 0. The van der Waals surface area contributed by atoms with Crippen LogP contribution >= 0.6 is 0 Å². The number of benzene rings is 2. The summed E-state index contributed by atoms with van der Waals surface area (Å²) in [6.45, 7) is 56.1. The Hall–Kier alpha value is -0.0418. The van der Waals surface area contributed by atoms with E-state index >= 15 is 0 Å². The first-order valence-corrected chi connectivity index (χ1v) is 40.2. The molecule has 1 aliphatic heterocycles. The zero-order valence-electron chi connectivity index (χ0n) is 32.5. The highest BCUT2D eigenvalue weighted by Gasteiger charge is 2.67. The molecule has 242 valence electrons. The van der Waals surface area contributed by atoms with Crippen LogP contribution < -0.4 is 10.4 Å². The van der Waals surface area contributed by atoms with Gasteiger partial charge in [0, 0.05) is 32.3 Å². The van der Waals surface area contributed by atoms with Gasteiger partial charge >= 0.3 is 0 Å². The summed E-state index contributed by atoms with van der Waals surface area (Å²) < 4.78 is 0.456. The molecule has 7 heteroatoms. The minimum absolute atomic E-state index is 0.456. The van der Waals surface area contributed by atoms with Crippen LogP contribution in [0.3, 0.4) is 0 Å². The Morgan fingerprint density at radius 2 is 0.860 bits per heavy atom. The van der Waals surface area contributed by atoms with E-state index in [1.165, 1.54) is 5.56 Å². The molecular weight excluding hydrogens is 629 g/mol. The molecule has 3 rings (SSSR count). The van der Waals surface area contributed by atoms with Crippen molar-refractivity contribution in [1.29, 1.82) is 0 Å². The van der Waals surface area contributed by atoms with Gasteiger partial charge in [0.05, 0.1) is 16.1 Å². The first-order chi connectivity index (χ1) is 18.9. The molecule has 1 atom stereocenters. The van der Waals surface area contributed by atoms with E-state index < -0.39 is 57.2 Å². The molecule has 0 aliphatic carbocycles. The van der Waals surface area contributed by atoms with Crippen LogP contribution in [0.5, 0.6) is 0 Å². The summed E-state index contributed by atoms with van der Waals surface area (Å²) in [5.41, 5.74) is 10.2. The molecule has 1 heterocycles. The molecule has 0 aromatic heterocycles. The van der Waals surface area contributed by atoms with Crippen LogP contribution in [-0.4, -0.2) is 57.2 Å². The summed E-state index contributed by atoms with van der Waals surface area (Å²) in [6, 6.07) is 10.9. The highest BCUT2D eigenvalue weighted by molar-refractivity contribution is 7.19. The molecule has 43 heavy (non-hydrogen) atoms. The van der Waals surface area contributed by atoms with Crippen LogP contribution in [-0.2, 0) is 4.28 Å². The molecule has 0 fully saturated rings. The summed E-state index contributed by atoms with van der Waals surface area (Å²) in [5, 5.41) is 5.36. The third-order valence-electron chi connectivity index (χ3n) is 10.9.